The predicted molar refractivity (Wildman–Crippen MR) is 61.4 cm³/mol. The van der Waals surface area contributed by atoms with E-state index in [0.29, 0.717) is 11.3 Å². The second kappa shape index (κ2) is 5.65. The molecule has 0 aliphatic carbocycles. The Labute approximate surface area is 102 Å². The molecule has 0 saturated heterocycles. The van der Waals surface area contributed by atoms with E-state index < -0.39 is 11.8 Å². The first-order chi connectivity index (χ1) is 7.56. The number of carbonyl (C=O) groups excluding carboxylic acids is 2. The van der Waals surface area contributed by atoms with Crippen molar-refractivity contribution in [2.24, 2.45) is 0 Å². The predicted octanol–water partition coefficient (Wildman–Crippen LogP) is 1.74. The first-order valence-corrected chi connectivity index (χ1v) is 5.30. The Morgan fingerprint density at radius 1 is 1.25 bits per heavy atom. The molecule has 0 heterocycles. The van der Waals surface area contributed by atoms with Gasteiger partial charge in [0.1, 0.15) is 5.75 Å². The normalized spacial score (nSPS) is 9.69. The van der Waals surface area contributed by atoms with Crippen molar-refractivity contribution >= 4 is 27.7 Å². The molecule has 0 aliphatic rings. The fourth-order valence-corrected chi connectivity index (χ4v) is 1.73. The van der Waals surface area contributed by atoms with E-state index >= 15 is 0 Å². The summed E-state index contributed by atoms with van der Waals surface area (Å²) in [6, 6.07) is 5.22. The number of hydrogen-bond donors (Lipinski definition) is 0. The monoisotopic (exact) mass is 286 g/mol. The largest absolute Gasteiger partial charge is 0.497 e. The molecule has 0 spiro atoms. The number of ether oxygens (including phenoxy) is 2. The van der Waals surface area contributed by atoms with Crippen LogP contribution in [0.25, 0.3) is 0 Å². The highest BCUT2D eigenvalue weighted by atomic mass is 79.9. The zero-order chi connectivity index (χ0) is 12.1. The molecule has 0 amide bonds. The summed E-state index contributed by atoms with van der Waals surface area (Å²) in [6.45, 7) is 0. The molecule has 1 aromatic carbocycles. The van der Waals surface area contributed by atoms with Crippen LogP contribution in [0.1, 0.15) is 5.56 Å². The molecule has 0 aromatic heterocycles. The number of halogens is 1. The van der Waals surface area contributed by atoms with Crippen molar-refractivity contribution in [3.8, 4) is 5.75 Å². The number of esters is 1. The lowest BCUT2D eigenvalue weighted by atomic mass is 10.1. The van der Waals surface area contributed by atoms with E-state index in [2.05, 4.69) is 20.7 Å². The molecule has 0 radical (unpaired) electrons. The summed E-state index contributed by atoms with van der Waals surface area (Å²) in [5.74, 6) is -0.788. The van der Waals surface area contributed by atoms with Crippen molar-refractivity contribution in [1.29, 1.82) is 0 Å². The smallest absolute Gasteiger partial charge is 0.374 e. The maximum absolute atomic E-state index is 11.3. The SMILES string of the molecule is COC(=O)C(=O)Cc1cc(Br)cc(OC)c1. The van der Waals surface area contributed by atoms with Crippen LogP contribution >= 0.6 is 15.9 Å². The van der Waals surface area contributed by atoms with Crippen molar-refractivity contribution in [2.45, 2.75) is 6.42 Å². The van der Waals surface area contributed by atoms with Crippen LogP contribution in [0.2, 0.25) is 0 Å². The van der Waals surface area contributed by atoms with Crippen LogP contribution in [0.15, 0.2) is 22.7 Å². The lowest BCUT2D eigenvalue weighted by Crippen LogP contribution is -2.17. The summed E-state index contributed by atoms with van der Waals surface area (Å²) >= 11 is 3.29. The van der Waals surface area contributed by atoms with E-state index in [0.717, 1.165) is 4.47 Å². The highest BCUT2D eigenvalue weighted by Gasteiger charge is 2.15. The number of Topliss-reactive ketones (excluding diaryl/α,β-unsaturated/α-hetero) is 1. The summed E-state index contributed by atoms with van der Waals surface area (Å²) < 4.78 is 10.2. The molecule has 0 unspecified atom stereocenters. The maximum atomic E-state index is 11.3. The summed E-state index contributed by atoms with van der Waals surface area (Å²) in [7, 11) is 2.72. The molecule has 5 heteroatoms. The number of ketones is 1. The second-order valence-corrected chi connectivity index (χ2v) is 4.01. The van der Waals surface area contributed by atoms with Crippen LogP contribution in [0, 0.1) is 0 Å². The fraction of sp³-hybridized carbons (Fsp3) is 0.273. The first-order valence-electron chi connectivity index (χ1n) is 4.51. The van der Waals surface area contributed by atoms with Crippen molar-refractivity contribution in [1.82, 2.24) is 0 Å². The lowest BCUT2D eigenvalue weighted by molar-refractivity contribution is -0.151. The van der Waals surface area contributed by atoms with E-state index in [1.54, 1.807) is 18.2 Å². The van der Waals surface area contributed by atoms with Crippen LogP contribution < -0.4 is 4.74 Å². The Morgan fingerprint density at radius 3 is 2.50 bits per heavy atom. The Morgan fingerprint density at radius 2 is 1.94 bits per heavy atom. The molecule has 1 aromatic rings. The topological polar surface area (TPSA) is 52.6 Å². The lowest BCUT2D eigenvalue weighted by Gasteiger charge is -2.04. The molecule has 0 saturated carbocycles. The molecule has 1 rings (SSSR count). The van der Waals surface area contributed by atoms with Gasteiger partial charge in [0, 0.05) is 10.9 Å². The summed E-state index contributed by atoms with van der Waals surface area (Å²) in [5, 5.41) is 0. The van der Waals surface area contributed by atoms with Gasteiger partial charge in [0.25, 0.3) is 0 Å². The zero-order valence-corrected chi connectivity index (χ0v) is 10.5. The summed E-state index contributed by atoms with van der Waals surface area (Å²) in [4.78, 5) is 22.3. The molecular weight excluding hydrogens is 276 g/mol. The van der Waals surface area contributed by atoms with E-state index in [-0.39, 0.29) is 6.42 Å². The molecule has 0 bridgehead atoms. The van der Waals surface area contributed by atoms with Crippen LogP contribution in [0.3, 0.4) is 0 Å². The zero-order valence-electron chi connectivity index (χ0n) is 8.95. The molecule has 86 valence electrons. The van der Waals surface area contributed by atoms with E-state index in [1.807, 2.05) is 0 Å². The molecule has 0 N–H and O–H groups in total. The van der Waals surface area contributed by atoms with Gasteiger partial charge in [-0.05, 0) is 23.8 Å². The molecule has 4 nitrogen and oxygen atoms in total. The standard InChI is InChI=1S/C11H11BrO4/c1-15-9-4-7(3-8(12)6-9)5-10(13)11(14)16-2/h3-4,6H,5H2,1-2H3. The van der Waals surface area contributed by atoms with E-state index in [4.69, 9.17) is 4.74 Å². The molecular formula is C11H11BrO4. The van der Waals surface area contributed by atoms with Gasteiger partial charge < -0.3 is 9.47 Å². The number of methoxy groups -OCH3 is 2. The minimum Gasteiger partial charge on any atom is -0.497 e. The third kappa shape index (κ3) is 3.34. The van der Waals surface area contributed by atoms with Crippen LogP contribution in [-0.2, 0) is 20.7 Å². The Balaban J connectivity index is 2.85. The van der Waals surface area contributed by atoms with Gasteiger partial charge in [-0.2, -0.15) is 0 Å². The third-order valence-electron chi connectivity index (χ3n) is 1.94. The second-order valence-electron chi connectivity index (χ2n) is 3.09. The molecule has 0 fully saturated rings. The quantitative estimate of drug-likeness (QED) is 0.625. The molecule has 16 heavy (non-hydrogen) atoms. The first kappa shape index (κ1) is 12.7. The van der Waals surface area contributed by atoms with Gasteiger partial charge in [0.05, 0.1) is 14.2 Å². The Bertz CT molecular complexity index is 414. The van der Waals surface area contributed by atoms with Gasteiger partial charge in [-0.25, -0.2) is 4.79 Å². The van der Waals surface area contributed by atoms with Gasteiger partial charge >= 0.3 is 5.97 Å². The van der Waals surface area contributed by atoms with Gasteiger partial charge in [0.2, 0.25) is 5.78 Å². The minimum atomic E-state index is -0.834. The fourth-order valence-electron chi connectivity index (χ4n) is 1.21. The summed E-state index contributed by atoms with van der Waals surface area (Å²) in [5.41, 5.74) is 0.696. The third-order valence-corrected chi connectivity index (χ3v) is 2.40. The van der Waals surface area contributed by atoms with Gasteiger partial charge in [-0.1, -0.05) is 15.9 Å². The number of benzene rings is 1. The summed E-state index contributed by atoms with van der Waals surface area (Å²) in [6.07, 6.45) is 0.00245. The minimum absolute atomic E-state index is 0.00245. The molecule has 0 atom stereocenters. The van der Waals surface area contributed by atoms with Crippen LogP contribution in [0.5, 0.6) is 5.75 Å². The van der Waals surface area contributed by atoms with E-state index in [1.165, 1.54) is 14.2 Å². The number of hydrogen-bond acceptors (Lipinski definition) is 4. The van der Waals surface area contributed by atoms with Gasteiger partial charge in [0.15, 0.2) is 0 Å². The van der Waals surface area contributed by atoms with Crippen molar-refractivity contribution in [3.63, 3.8) is 0 Å². The van der Waals surface area contributed by atoms with Crippen molar-refractivity contribution in [2.75, 3.05) is 14.2 Å². The maximum Gasteiger partial charge on any atom is 0.374 e. The Kier molecular flexibility index (Phi) is 4.49. The van der Waals surface area contributed by atoms with Crippen molar-refractivity contribution in [3.05, 3.63) is 28.2 Å². The van der Waals surface area contributed by atoms with E-state index in [9.17, 15) is 9.59 Å². The number of carbonyl (C=O) groups is 2. The highest BCUT2D eigenvalue weighted by molar-refractivity contribution is 9.10. The van der Waals surface area contributed by atoms with Gasteiger partial charge in [-0.15, -0.1) is 0 Å². The number of rotatable bonds is 4. The van der Waals surface area contributed by atoms with Crippen LogP contribution in [0.4, 0.5) is 0 Å². The average Bonchev–Trinajstić information content (AvgIpc) is 2.26. The highest BCUT2D eigenvalue weighted by Crippen LogP contribution is 2.21. The molecule has 0 aliphatic heterocycles. The van der Waals surface area contributed by atoms with Gasteiger partial charge in [-0.3, -0.25) is 4.79 Å². The van der Waals surface area contributed by atoms with Crippen LogP contribution in [-0.4, -0.2) is 26.0 Å². The average molecular weight is 287 g/mol. The Hall–Kier alpha value is -1.36. The van der Waals surface area contributed by atoms with Crippen molar-refractivity contribution < 1.29 is 19.1 Å².